The van der Waals surface area contributed by atoms with Crippen LogP contribution in [-0.4, -0.2) is 45.1 Å². The Hall–Kier alpha value is -2.94. The molecule has 33 heavy (non-hydrogen) atoms. The molecule has 3 aromatic carbocycles. The highest BCUT2D eigenvalue weighted by atomic mass is 32.2. The van der Waals surface area contributed by atoms with Gasteiger partial charge in [0.2, 0.25) is 10.0 Å². The van der Waals surface area contributed by atoms with Crippen molar-refractivity contribution in [1.82, 2.24) is 14.9 Å². The Morgan fingerprint density at radius 1 is 0.970 bits per heavy atom. The maximum absolute atomic E-state index is 12.8. The van der Waals surface area contributed by atoms with Gasteiger partial charge in [-0.25, -0.2) is 13.2 Å². The SMILES string of the molecule is C[C@H](NC(=O)NCc1ccccc1CS(=O)(=O)N1CCOCC1)c1ccc2ccccc2c1. The number of hydrogen-bond acceptors (Lipinski definition) is 4. The molecular weight excluding hydrogens is 438 g/mol. The lowest BCUT2D eigenvalue weighted by Crippen LogP contribution is -2.41. The van der Waals surface area contributed by atoms with Crippen LogP contribution in [0.1, 0.15) is 29.7 Å². The Balaban J connectivity index is 1.37. The number of carbonyl (C=O) groups is 1. The largest absolute Gasteiger partial charge is 0.379 e. The van der Waals surface area contributed by atoms with Crippen molar-refractivity contribution in [2.45, 2.75) is 25.3 Å². The third kappa shape index (κ3) is 5.90. The van der Waals surface area contributed by atoms with Gasteiger partial charge in [-0.2, -0.15) is 4.31 Å². The highest BCUT2D eigenvalue weighted by Gasteiger charge is 2.25. The standard InChI is InChI=1S/C25H29N3O4S/c1-19(21-11-10-20-6-2-3-7-22(20)16-21)27-25(29)26-17-23-8-4-5-9-24(23)18-33(30,31)28-12-14-32-15-13-28/h2-11,16,19H,12-15,17-18H2,1H3,(H2,26,27,29)/t19-/m0/s1. The Labute approximate surface area is 194 Å². The molecule has 1 fully saturated rings. The van der Waals surface area contributed by atoms with Crippen molar-refractivity contribution in [2.75, 3.05) is 26.3 Å². The molecule has 4 rings (SSSR count). The van der Waals surface area contributed by atoms with Crippen LogP contribution < -0.4 is 10.6 Å². The molecule has 2 N–H and O–H groups in total. The first-order chi connectivity index (χ1) is 15.9. The molecule has 1 aliphatic heterocycles. The Morgan fingerprint density at radius 3 is 2.39 bits per heavy atom. The monoisotopic (exact) mass is 467 g/mol. The van der Waals surface area contributed by atoms with Gasteiger partial charge in [0.25, 0.3) is 0 Å². The van der Waals surface area contributed by atoms with Crippen molar-refractivity contribution < 1.29 is 17.9 Å². The molecule has 1 saturated heterocycles. The van der Waals surface area contributed by atoms with E-state index >= 15 is 0 Å². The molecule has 0 saturated carbocycles. The van der Waals surface area contributed by atoms with Crippen LogP contribution in [-0.2, 0) is 27.1 Å². The Bertz CT molecular complexity index is 1220. The highest BCUT2D eigenvalue weighted by molar-refractivity contribution is 7.88. The van der Waals surface area contributed by atoms with Crippen molar-refractivity contribution in [3.63, 3.8) is 0 Å². The van der Waals surface area contributed by atoms with Crippen molar-refractivity contribution >= 4 is 26.8 Å². The first kappa shape index (κ1) is 23.2. The normalized spacial score (nSPS) is 15.8. The number of ether oxygens (including phenoxy) is 1. The summed E-state index contributed by atoms with van der Waals surface area (Å²) in [5, 5.41) is 8.10. The summed E-state index contributed by atoms with van der Waals surface area (Å²) in [6, 6.07) is 21.1. The van der Waals surface area contributed by atoms with Crippen LogP contribution in [0.2, 0.25) is 0 Å². The van der Waals surface area contributed by atoms with E-state index < -0.39 is 10.0 Å². The van der Waals surface area contributed by atoms with Gasteiger partial charge in [0, 0.05) is 19.6 Å². The second kappa shape index (κ2) is 10.3. The van der Waals surface area contributed by atoms with Gasteiger partial charge in [-0.3, -0.25) is 0 Å². The maximum atomic E-state index is 12.8. The summed E-state index contributed by atoms with van der Waals surface area (Å²) in [6.45, 7) is 3.75. The topological polar surface area (TPSA) is 87.7 Å². The zero-order valence-electron chi connectivity index (χ0n) is 18.7. The summed E-state index contributed by atoms with van der Waals surface area (Å²) in [5.41, 5.74) is 2.48. The minimum Gasteiger partial charge on any atom is -0.379 e. The van der Waals surface area contributed by atoms with E-state index in [-0.39, 0.29) is 24.4 Å². The van der Waals surface area contributed by atoms with Crippen molar-refractivity contribution in [2.24, 2.45) is 0 Å². The molecule has 1 atom stereocenters. The summed E-state index contributed by atoms with van der Waals surface area (Å²) in [5.74, 6) is -0.0973. The van der Waals surface area contributed by atoms with Crippen LogP contribution in [0.25, 0.3) is 10.8 Å². The minimum atomic E-state index is -3.45. The van der Waals surface area contributed by atoms with Gasteiger partial charge in [-0.1, -0.05) is 60.7 Å². The summed E-state index contributed by atoms with van der Waals surface area (Å²) >= 11 is 0. The number of amides is 2. The minimum absolute atomic E-state index is 0.0973. The molecule has 0 aliphatic carbocycles. The van der Waals surface area contributed by atoms with Gasteiger partial charge < -0.3 is 15.4 Å². The van der Waals surface area contributed by atoms with E-state index in [0.717, 1.165) is 21.9 Å². The van der Waals surface area contributed by atoms with Gasteiger partial charge in [-0.15, -0.1) is 0 Å². The van der Waals surface area contributed by atoms with Crippen LogP contribution in [0.5, 0.6) is 0 Å². The van der Waals surface area contributed by atoms with Crippen LogP contribution in [0.3, 0.4) is 0 Å². The van der Waals surface area contributed by atoms with Crippen LogP contribution in [0.15, 0.2) is 66.7 Å². The number of rotatable bonds is 7. The molecule has 1 heterocycles. The maximum Gasteiger partial charge on any atom is 0.315 e. The van der Waals surface area contributed by atoms with E-state index in [2.05, 4.69) is 22.8 Å². The van der Waals surface area contributed by atoms with Gasteiger partial charge in [0.1, 0.15) is 0 Å². The Morgan fingerprint density at radius 2 is 1.64 bits per heavy atom. The van der Waals surface area contributed by atoms with Crippen molar-refractivity contribution in [3.8, 4) is 0 Å². The molecule has 0 spiro atoms. The van der Waals surface area contributed by atoms with Gasteiger partial charge >= 0.3 is 6.03 Å². The van der Waals surface area contributed by atoms with Gasteiger partial charge in [0.05, 0.1) is 25.0 Å². The zero-order valence-corrected chi connectivity index (χ0v) is 19.5. The van der Waals surface area contributed by atoms with Gasteiger partial charge in [-0.05, 0) is 40.5 Å². The van der Waals surface area contributed by atoms with Crippen LogP contribution in [0, 0.1) is 0 Å². The third-order valence-electron chi connectivity index (χ3n) is 5.88. The number of benzene rings is 3. The number of hydrogen-bond donors (Lipinski definition) is 2. The van der Waals surface area contributed by atoms with E-state index in [1.807, 2.05) is 55.5 Å². The quantitative estimate of drug-likeness (QED) is 0.556. The van der Waals surface area contributed by atoms with E-state index in [1.54, 1.807) is 6.07 Å². The molecule has 0 bridgehead atoms. The summed E-state index contributed by atoms with van der Waals surface area (Å²) < 4.78 is 32.4. The van der Waals surface area contributed by atoms with Crippen LogP contribution in [0.4, 0.5) is 4.79 Å². The molecule has 1 aliphatic rings. The molecule has 3 aromatic rings. The molecule has 0 unspecified atom stereocenters. The van der Waals surface area contributed by atoms with Crippen molar-refractivity contribution in [3.05, 3.63) is 83.4 Å². The second-order valence-electron chi connectivity index (χ2n) is 8.19. The molecular formula is C25H29N3O4S. The number of nitrogens with zero attached hydrogens (tertiary/aromatic N) is 1. The highest BCUT2D eigenvalue weighted by Crippen LogP contribution is 2.20. The number of morpholine rings is 1. The lowest BCUT2D eigenvalue weighted by molar-refractivity contribution is 0.0729. The van der Waals surface area contributed by atoms with Gasteiger partial charge in [0.15, 0.2) is 0 Å². The average molecular weight is 468 g/mol. The summed E-state index contributed by atoms with van der Waals surface area (Å²) in [6.07, 6.45) is 0. The molecule has 174 valence electrons. The average Bonchev–Trinajstić information content (AvgIpc) is 2.83. The van der Waals surface area contributed by atoms with E-state index in [1.165, 1.54) is 4.31 Å². The van der Waals surface area contributed by atoms with Crippen LogP contribution >= 0.6 is 0 Å². The second-order valence-corrected chi connectivity index (χ2v) is 10.2. The fraction of sp³-hybridized carbons (Fsp3) is 0.320. The van der Waals surface area contributed by atoms with Crippen molar-refractivity contribution in [1.29, 1.82) is 0 Å². The predicted octanol–water partition coefficient (Wildman–Crippen LogP) is 3.56. The molecule has 0 radical (unpaired) electrons. The predicted molar refractivity (Wildman–Crippen MR) is 129 cm³/mol. The molecule has 7 nitrogen and oxygen atoms in total. The first-order valence-electron chi connectivity index (χ1n) is 11.1. The summed E-state index contributed by atoms with van der Waals surface area (Å²) in [7, 11) is -3.45. The number of urea groups is 1. The summed E-state index contributed by atoms with van der Waals surface area (Å²) in [4.78, 5) is 12.5. The number of sulfonamides is 1. The molecule has 0 aromatic heterocycles. The Kier molecular flexibility index (Phi) is 7.27. The fourth-order valence-corrected chi connectivity index (χ4v) is 5.53. The van der Waals surface area contributed by atoms with E-state index in [4.69, 9.17) is 4.74 Å². The lowest BCUT2D eigenvalue weighted by Gasteiger charge is -2.26. The lowest BCUT2D eigenvalue weighted by atomic mass is 10.0. The molecule has 8 heteroatoms. The van der Waals surface area contributed by atoms with E-state index in [9.17, 15) is 13.2 Å². The fourth-order valence-electron chi connectivity index (χ4n) is 3.97. The smallest absolute Gasteiger partial charge is 0.315 e. The zero-order chi connectivity index (χ0) is 23.3. The number of nitrogens with one attached hydrogen (secondary N) is 2. The first-order valence-corrected chi connectivity index (χ1v) is 12.7. The third-order valence-corrected chi connectivity index (χ3v) is 7.71. The van der Waals surface area contributed by atoms with E-state index in [0.29, 0.717) is 31.9 Å². The molecule has 2 amide bonds. The number of fused-ring (bicyclic) bond motifs is 1. The number of carbonyl (C=O) groups excluding carboxylic acids is 1.